The number of carbonyl (C=O) groups is 2. The molecule has 1 heterocycles. The number of amides is 1. The van der Waals surface area contributed by atoms with Gasteiger partial charge in [0, 0.05) is 18.2 Å². The van der Waals surface area contributed by atoms with Crippen LogP contribution < -0.4 is 10.1 Å². The summed E-state index contributed by atoms with van der Waals surface area (Å²) >= 11 is 1.56. The van der Waals surface area contributed by atoms with Crippen LogP contribution in [0.25, 0.3) is 10.2 Å². The van der Waals surface area contributed by atoms with Crippen molar-refractivity contribution in [3.63, 3.8) is 0 Å². The van der Waals surface area contributed by atoms with Crippen LogP contribution >= 0.6 is 11.3 Å². The fraction of sp³-hybridized carbons (Fsp3) is 0.250. The molecule has 0 saturated heterocycles. The molecule has 0 aliphatic heterocycles. The summed E-state index contributed by atoms with van der Waals surface area (Å²) in [4.78, 5) is 28.7. The molecule has 6 nitrogen and oxygen atoms in total. The predicted octanol–water partition coefficient (Wildman–Crippen LogP) is 3.81. The first-order valence-electron chi connectivity index (χ1n) is 8.54. The van der Waals surface area contributed by atoms with Gasteiger partial charge < -0.3 is 14.8 Å². The first kappa shape index (κ1) is 18.8. The van der Waals surface area contributed by atoms with Crippen molar-refractivity contribution in [1.29, 1.82) is 0 Å². The first-order valence-corrected chi connectivity index (χ1v) is 9.35. The number of benzene rings is 2. The number of thiazole rings is 1. The van der Waals surface area contributed by atoms with E-state index in [9.17, 15) is 9.59 Å². The molecule has 0 aliphatic rings. The lowest BCUT2D eigenvalue weighted by Gasteiger charge is -2.13. The van der Waals surface area contributed by atoms with Crippen LogP contribution in [0.4, 0.5) is 5.69 Å². The molecule has 140 valence electrons. The average molecular weight is 384 g/mol. The van der Waals surface area contributed by atoms with E-state index in [0.29, 0.717) is 17.9 Å². The molecule has 0 radical (unpaired) electrons. The second-order valence-corrected chi connectivity index (χ2v) is 7.04. The van der Waals surface area contributed by atoms with E-state index in [0.717, 1.165) is 15.2 Å². The van der Waals surface area contributed by atoms with Crippen molar-refractivity contribution in [3.8, 4) is 5.75 Å². The summed E-state index contributed by atoms with van der Waals surface area (Å²) in [7, 11) is 1.55. The number of ether oxygens (including phenoxy) is 2. The van der Waals surface area contributed by atoms with E-state index in [1.54, 1.807) is 49.6 Å². The average Bonchev–Trinajstić information content (AvgIpc) is 3.09. The summed E-state index contributed by atoms with van der Waals surface area (Å²) in [5.74, 6) is -0.188. The highest BCUT2D eigenvalue weighted by molar-refractivity contribution is 7.18. The normalized spacial score (nSPS) is 11.8. The molecule has 0 unspecified atom stereocenters. The standard InChI is InChI=1S/C20H20N2O4S/c1-13(20(24)21-14-6-5-7-15(12-14)25-2)26-19(23)11-10-18-22-16-8-3-4-9-17(16)27-18/h3-9,12-13H,10-11H2,1-2H3,(H,21,24)/t13-/m1/s1. The number of para-hydroxylation sites is 1. The molecule has 3 aromatic rings. The number of fused-ring (bicyclic) bond motifs is 1. The van der Waals surface area contributed by atoms with Crippen molar-refractivity contribution in [2.75, 3.05) is 12.4 Å². The zero-order valence-electron chi connectivity index (χ0n) is 15.1. The Hall–Kier alpha value is -2.93. The van der Waals surface area contributed by atoms with Crippen LogP contribution in [0.15, 0.2) is 48.5 Å². The van der Waals surface area contributed by atoms with Crippen LogP contribution in [-0.2, 0) is 20.7 Å². The van der Waals surface area contributed by atoms with E-state index >= 15 is 0 Å². The van der Waals surface area contributed by atoms with Gasteiger partial charge in [0.25, 0.3) is 5.91 Å². The molecule has 0 fully saturated rings. The van der Waals surface area contributed by atoms with E-state index < -0.39 is 18.0 Å². The van der Waals surface area contributed by atoms with Crippen LogP contribution in [0.5, 0.6) is 5.75 Å². The lowest BCUT2D eigenvalue weighted by Crippen LogP contribution is -2.30. The molecule has 1 N–H and O–H groups in total. The second-order valence-electron chi connectivity index (χ2n) is 5.93. The van der Waals surface area contributed by atoms with Gasteiger partial charge in [-0.2, -0.15) is 0 Å². The maximum absolute atomic E-state index is 12.2. The van der Waals surface area contributed by atoms with Crippen molar-refractivity contribution in [3.05, 3.63) is 53.5 Å². The number of esters is 1. The Kier molecular flexibility index (Phi) is 6.03. The number of hydrogen-bond donors (Lipinski definition) is 1. The largest absolute Gasteiger partial charge is 0.497 e. The lowest BCUT2D eigenvalue weighted by molar-refractivity contribution is -0.153. The van der Waals surface area contributed by atoms with Gasteiger partial charge in [0.05, 0.1) is 28.8 Å². The van der Waals surface area contributed by atoms with Crippen LogP contribution in [0.1, 0.15) is 18.4 Å². The number of nitrogens with zero attached hydrogens (tertiary/aromatic N) is 1. The minimum atomic E-state index is -0.890. The Morgan fingerprint density at radius 3 is 2.78 bits per heavy atom. The van der Waals surface area contributed by atoms with Crippen molar-refractivity contribution >= 4 is 39.1 Å². The summed E-state index contributed by atoms with van der Waals surface area (Å²) in [6.45, 7) is 1.55. The molecule has 0 saturated carbocycles. The third-order valence-electron chi connectivity index (χ3n) is 3.90. The Balaban J connectivity index is 1.49. The summed E-state index contributed by atoms with van der Waals surface area (Å²) in [5, 5.41) is 3.58. The van der Waals surface area contributed by atoms with Gasteiger partial charge in [0.1, 0.15) is 5.75 Å². The number of nitrogens with one attached hydrogen (secondary N) is 1. The quantitative estimate of drug-likeness (QED) is 0.627. The summed E-state index contributed by atoms with van der Waals surface area (Å²) in [6, 6.07) is 14.8. The number of methoxy groups -OCH3 is 1. The third-order valence-corrected chi connectivity index (χ3v) is 4.99. The molecular formula is C20H20N2O4S. The van der Waals surface area contributed by atoms with Crippen LogP contribution in [0, 0.1) is 0 Å². The number of aromatic nitrogens is 1. The summed E-state index contributed by atoms with van der Waals surface area (Å²) < 4.78 is 11.4. The fourth-order valence-electron chi connectivity index (χ4n) is 2.49. The number of rotatable bonds is 7. The fourth-order valence-corrected chi connectivity index (χ4v) is 3.46. The number of anilines is 1. The molecule has 1 atom stereocenters. The molecule has 2 aromatic carbocycles. The Morgan fingerprint density at radius 1 is 1.19 bits per heavy atom. The predicted molar refractivity (Wildman–Crippen MR) is 105 cm³/mol. The molecule has 1 amide bonds. The molecule has 1 aromatic heterocycles. The van der Waals surface area contributed by atoms with Gasteiger partial charge in [-0.15, -0.1) is 11.3 Å². The Bertz CT molecular complexity index is 921. The number of aryl methyl sites for hydroxylation is 1. The maximum atomic E-state index is 12.2. The van der Waals surface area contributed by atoms with E-state index in [1.807, 2.05) is 24.3 Å². The highest BCUT2D eigenvalue weighted by atomic mass is 32.1. The second kappa shape index (κ2) is 8.64. The highest BCUT2D eigenvalue weighted by Gasteiger charge is 2.18. The van der Waals surface area contributed by atoms with Gasteiger partial charge in [-0.3, -0.25) is 9.59 Å². The SMILES string of the molecule is COc1cccc(NC(=O)[C@@H](C)OC(=O)CCc2nc3ccccc3s2)c1. The minimum absolute atomic E-state index is 0.177. The van der Waals surface area contributed by atoms with Gasteiger partial charge in [0.15, 0.2) is 6.10 Å². The van der Waals surface area contributed by atoms with Crippen LogP contribution in [-0.4, -0.2) is 30.1 Å². The third kappa shape index (κ3) is 5.04. The smallest absolute Gasteiger partial charge is 0.306 e. The number of hydrogen-bond acceptors (Lipinski definition) is 6. The monoisotopic (exact) mass is 384 g/mol. The van der Waals surface area contributed by atoms with Crippen molar-refractivity contribution in [2.45, 2.75) is 25.9 Å². The number of carbonyl (C=O) groups excluding carboxylic acids is 2. The molecule has 7 heteroatoms. The van der Waals surface area contributed by atoms with E-state index in [4.69, 9.17) is 9.47 Å². The van der Waals surface area contributed by atoms with Gasteiger partial charge in [-0.25, -0.2) is 4.98 Å². The topological polar surface area (TPSA) is 77.5 Å². The zero-order valence-corrected chi connectivity index (χ0v) is 15.9. The van der Waals surface area contributed by atoms with Crippen LogP contribution in [0.2, 0.25) is 0 Å². The Labute approximate surface area is 161 Å². The molecule has 0 aliphatic carbocycles. The van der Waals surface area contributed by atoms with Gasteiger partial charge >= 0.3 is 5.97 Å². The van der Waals surface area contributed by atoms with Crippen molar-refractivity contribution in [2.24, 2.45) is 0 Å². The maximum Gasteiger partial charge on any atom is 0.306 e. The molecule has 0 bridgehead atoms. The van der Waals surface area contributed by atoms with Crippen molar-refractivity contribution in [1.82, 2.24) is 4.98 Å². The Morgan fingerprint density at radius 2 is 2.00 bits per heavy atom. The molecule has 27 heavy (non-hydrogen) atoms. The van der Waals surface area contributed by atoms with E-state index in [1.165, 1.54) is 0 Å². The van der Waals surface area contributed by atoms with Gasteiger partial charge in [-0.05, 0) is 31.2 Å². The first-order chi connectivity index (χ1) is 13.0. The molecular weight excluding hydrogens is 364 g/mol. The zero-order chi connectivity index (χ0) is 19.2. The van der Waals surface area contributed by atoms with Gasteiger partial charge in [0.2, 0.25) is 0 Å². The van der Waals surface area contributed by atoms with Crippen LogP contribution in [0.3, 0.4) is 0 Å². The van der Waals surface area contributed by atoms with E-state index in [-0.39, 0.29) is 6.42 Å². The summed E-state index contributed by atoms with van der Waals surface area (Å²) in [6.07, 6.45) is -0.224. The lowest BCUT2D eigenvalue weighted by atomic mass is 10.2. The molecule has 3 rings (SSSR count). The van der Waals surface area contributed by atoms with Crippen molar-refractivity contribution < 1.29 is 19.1 Å². The van der Waals surface area contributed by atoms with E-state index in [2.05, 4.69) is 10.3 Å². The highest BCUT2D eigenvalue weighted by Crippen LogP contribution is 2.22. The van der Waals surface area contributed by atoms with Gasteiger partial charge in [-0.1, -0.05) is 18.2 Å². The minimum Gasteiger partial charge on any atom is -0.497 e. The molecule has 0 spiro atoms. The summed E-state index contributed by atoms with van der Waals surface area (Å²) in [5.41, 5.74) is 1.51.